The summed E-state index contributed by atoms with van der Waals surface area (Å²) in [6.07, 6.45) is 6.27. The van der Waals surface area contributed by atoms with Gasteiger partial charge in [-0.2, -0.15) is 5.10 Å². The van der Waals surface area contributed by atoms with Crippen LogP contribution in [0.4, 0.5) is 0 Å². The van der Waals surface area contributed by atoms with Gasteiger partial charge in [0.25, 0.3) is 5.91 Å². The van der Waals surface area contributed by atoms with E-state index >= 15 is 0 Å². The molecule has 7 nitrogen and oxygen atoms in total. The molecule has 1 atom stereocenters. The first-order valence-corrected chi connectivity index (χ1v) is 10.2. The van der Waals surface area contributed by atoms with Crippen molar-refractivity contribution in [3.8, 4) is 5.75 Å². The third-order valence-corrected chi connectivity index (χ3v) is 5.92. The van der Waals surface area contributed by atoms with Gasteiger partial charge in [-0.1, -0.05) is 31.0 Å². The second-order valence-corrected chi connectivity index (χ2v) is 7.85. The second kappa shape index (κ2) is 8.20. The van der Waals surface area contributed by atoms with Crippen LogP contribution in [-0.2, 0) is 11.8 Å². The molecule has 1 saturated heterocycles. The molecule has 1 aromatic heterocycles. The van der Waals surface area contributed by atoms with Crippen molar-refractivity contribution in [3.05, 3.63) is 46.6 Å². The number of para-hydroxylation sites is 1. The predicted octanol–water partition coefficient (Wildman–Crippen LogP) is 2.48. The Morgan fingerprint density at radius 3 is 2.64 bits per heavy atom. The molecule has 0 bridgehead atoms. The number of hydrogen-bond acceptors (Lipinski definition) is 4. The van der Waals surface area contributed by atoms with Crippen LogP contribution in [0.15, 0.2) is 35.1 Å². The lowest BCUT2D eigenvalue weighted by molar-refractivity contribution is -0.134. The number of ether oxygens (including phenoxy) is 1. The Hall–Kier alpha value is -2.57. The Morgan fingerprint density at radius 1 is 1.14 bits per heavy atom. The normalized spacial score (nSPS) is 20.5. The van der Waals surface area contributed by atoms with Crippen molar-refractivity contribution in [2.75, 3.05) is 19.7 Å². The van der Waals surface area contributed by atoms with Crippen molar-refractivity contribution in [1.82, 2.24) is 19.2 Å². The minimum atomic E-state index is -0.0299. The number of likely N-dealkylation sites (tertiary alicyclic amines) is 1. The molecule has 2 aliphatic rings. The van der Waals surface area contributed by atoms with Crippen molar-refractivity contribution >= 4 is 5.91 Å². The summed E-state index contributed by atoms with van der Waals surface area (Å²) >= 11 is 0. The van der Waals surface area contributed by atoms with E-state index in [4.69, 9.17) is 4.74 Å². The number of rotatable bonds is 5. The monoisotopic (exact) mass is 384 g/mol. The Balaban J connectivity index is 1.46. The average molecular weight is 384 g/mol. The zero-order valence-corrected chi connectivity index (χ0v) is 16.4. The van der Waals surface area contributed by atoms with E-state index in [0.29, 0.717) is 12.3 Å². The number of aromatic nitrogens is 3. The Labute approximate surface area is 164 Å². The molecule has 1 saturated carbocycles. The first kappa shape index (κ1) is 18.8. The molecular weight excluding hydrogens is 356 g/mol. The van der Waals surface area contributed by atoms with Crippen LogP contribution in [-0.4, -0.2) is 44.9 Å². The maximum Gasteiger partial charge on any atom is 0.345 e. The van der Waals surface area contributed by atoms with Gasteiger partial charge in [0, 0.05) is 32.1 Å². The minimum Gasteiger partial charge on any atom is -0.484 e. The molecule has 2 aromatic rings. The standard InChI is InChI=1S/C21H28N4O3/c1-23-21(27)25(17-9-5-6-10-17)20(22-23)16-8-7-13-24(14-16)19(26)15-28-18-11-3-2-4-12-18/h2-4,11-12,16-17H,5-10,13-15H2,1H3. The van der Waals surface area contributed by atoms with Gasteiger partial charge in [-0.15, -0.1) is 0 Å². The number of aryl methyl sites for hydroxylation is 1. The van der Waals surface area contributed by atoms with E-state index in [1.807, 2.05) is 39.8 Å². The number of carbonyl (C=O) groups excluding carboxylic acids is 1. The van der Waals surface area contributed by atoms with Crippen molar-refractivity contribution in [1.29, 1.82) is 0 Å². The molecule has 4 rings (SSSR count). The third-order valence-electron chi connectivity index (χ3n) is 5.92. The highest BCUT2D eigenvalue weighted by Gasteiger charge is 2.32. The number of benzene rings is 1. The van der Waals surface area contributed by atoms with Gasteiger partial charge in [-0.25, -0.2) is 9.48 Å². The molecule has 1 aliphatic carbocycles. The molecule has 1 unspecified atom stereocenters. The maximum absolute atomic E-state index is 12.7. The van der Waals surface area contributed by atoms with E-state index in [1.54, 1.807) is 7.05 Å². The van der Waals surface area contributed by atoms with Crippen LogP contribution in [0.2, 0.25) is 0 Å². The summed E-state index contributed by atoms with van der Waals surface area (Å²) in [5.41, 5.74) is -0.0299. The van der Waals surface area contributed by atoms with Crippen LogP contribution < -0.4 is 10.4 Å². The van der Waals surface area contributed by atoms with Crippen molar-refractivity contribution in [2.45, 2.75) is 50.5 Å². The zero-order valence-electron chi connectivity index (χ0n) is 16.4. The molecular formula is C21H28N4O3. The SMILES string of the molecule is Cn1nc(C2CCCN(C(=O)COc3ccccc3)C2)n(C2CCCC2)c1=O. The van der Waals surface area contributed by atoms with Gasteiger partial charge in [-0.05, 0) is 37.8 Å². The number of nitrogens with zero attached hydrogens (tertiary/aromatic N) is 4. The molecule has 2 heterocycles. The molecule has 0 N–H and O–H groups in total. The Kier molecular flexibility index (Phi) is 5.50. The lowest BCUT2D eigenvalue weighted by Gasteiger charge is -2.32. The third kappa shape index (κ3) is 3.84. The quantitative estimate of drug-likeness (QED) is 0.794. The van der Waals surface area contributed by atoms with Crippen LogP contribution in [0.25, 0.3) is 0 Å². The summed E-state index contributed by atoms with van der Waals surface area (Å²) in [5.74, 6) is 1.63. The summed E-state index contributed by atoms with van der Waals surface area (Å²) < 4.78 is 8.98. The number of amides is 1. The molecule has 0 spiro atoms. The number of carbonyl (C=O) groups is 1. The maximum atomic E-state index is 12.7. The van der Waals surface area contributed by atoms with Crippen molar-refractivity contribution in [3.63, 3.8) is 0 Å². The molecule has 150 valence electrons. The summed E-state index contributed by atoms with van der Waals surface area (Å²) in [7, 11) is 1.72. The van der Waals surface area contributed by atoms with E-state index in [2.05, 4.69) is 5.10 Å². The molecule has 2 fully saturated rings. The van der Waals surface area contributed by atoms with E-state index in [9.17, 15) is 9.59 Å². The van der Waals surface area contributed by atoms with Gasteiger partial charge < -0.3 is 9.64 Å². The van der Waals surface area contributed by atoms with Crippen LogP contribution in [0.3, 0.4) is 0 Å². The second-order valence-electron chi connectivity index (χ2n) is 7.85. The lowest BCUT2D eigenvalue weighted by Crippen LogP contribution is -2.42. The van der Waals surface area contributed by atoms with Crippen LogP contribution in [0, 0.1) is 0 Å². The van der Waals surface area contributed by atoms with Gasteiger partial charge in [0.15, 0.2) is 6.61 Å². The summed E-state index contributed by atoms with van der Waals surface area (Å²) in [5, 5.41) is 4.56. The number of hydrogen-bond donors (Lipinski definition) is 0. The topological polar surface area (TPSA) is 69.4 Å². The fraction of sp³-hybridized carbons (Fsp3) is 0.571. The molecule has 0 radical (unpaired) electrons. The molecule has 28 heavy (non-hydrogen) atoms. The lowest BCUT2D eigenvalue weighted by atomic mass is 9.96. The van der Waals surface area contributed by atoms with Crippen LogP contribution in [0.1, 0.15) is 56.3 Å². The highest BCUT2D eigenvalue weighted by Crippen LogP contribution is 2.33. The largest absolute Gasteiger partial charge is 0.484 e. The van der Waals surface area contributed by atoms with Gasteiger partial charge >= 0.3 is 5.69 Å². The highest BCUT2D eigenvalue weighted by molar-refractivity contribution is 5.78. The van der Waals surface area contributed by atoms with E-state index in [-0.39, 0.29) is 30.2 Å². The predicted molar refractivity (Wildman–Crippen MR) is 105 cm³/mol. The van der Waals surface area contributed by atoms with Crippen LogP contribution >= 0.6 is 0 Å². The minimum absolute atomic E-state index is 0.0146. The van der Waals surface area contributed by atoms with Crippen LogP contribution in [0.5, 0.6) is 5.75 Å². The van der Waals surface area contributed by atoms with Crippen molar-refractivity contribution in [2.24, 2.45) is 7.05 Å². The smallest absolute Gasteiger partial charge is 0.345 e. The molecule has 7 heteroatoms. The first-order valence-electron chi connectivity index (χ1n) is 10.2. The van der Waals surface area contributed by atoms with Gasteiger partial charge in [-0.3, -0.25) is 9.36 Å². The Morgan fingerprint density at radius 2 is 1.89 bits per heavy atom. The van der Waals surface area contributed by atoms with E-state index in [1.165, 1.54) is 4.68 Å². The van der Waals surface area contributed by atoms with E-state index in [0.717, 1.165) is 50.9 Å². The van der Waals surface area contributed by atoms with E-state index < -0.39 is 0 Å². The van der Waals surface area contributed by atoms with Gasteiger partial charge in [0.2, 0.25) is 0 Å². The average Bonchev–Trinajstić information content (AvgIpc) is 3.35. The number of piperidine rings is 1. The fourth-order valence-electron chi connectivity index (χ4n) is 4.45. The van der Waals surface area contributed by atoms with Gasteiger partial charge in [0.05, 0.1) is 0 Å². The molecule has 1 amide bonds. The first-order chi connectivity index (χ1) is 13.6. The molecule has 1 aromatic carbocycles. The molecule has 1 aliphatic heterocycles. The zero-order chi connectivity index (χ0) is 19.5. The summed E-state index contributed by atoms with van der Waals surface area (Å²) in [6.45, 7) is 1.36. The highest BCUT2D eigenvalue weighted by atomic mass is 16.5. The Bertz CT molecular complexity index is 868. The van der Waals surface area contributed by atoms with Crippen molar-refractivity contribution < 1.29 is 9.53 Å². The fourth-order valence-corrected chi connectivity index (χ4v) is 4.45. The summed E-state index contributed by atoms with van der Waals surface area (Å²) in [4.78, 5) is 27.2. The summed E-state index contributed by atoms with van der Waals surface area (Å²) in [6, 6.07) is 9.64. The van der Waals surface area contributed by atoms with Gasteiger partial charge in [0.1, 0.15) is 11.6 Å².